The molecule has 0 unspecified atom stereocenters. The Morgan fingerprint density at radius 3 is 2.55 bits per heavy atom. The van der Waals surface area contributed by atoms with E-state index in [1.165, 1.54) is 6.20 Å². The highest BCUT2D eigenvalue weighted by Gasteiger charge is 2.28. The SMILES string of the molecule is [C-]#[N+]Cc1cc(Nc2ncc(Cl)c(Nc3ccccc3P(C)(C)=O)n2)c(OC)cc1N1CCC(N2CCNCC2)CC1. The molecule has 2 aliphatic rings. The van der Waals surface area contributed by atoms with E-state index in [0.717, 1.165) is 63.4 Å². The number of nitrogens with zero attached hydrogens (tertiary/aromatic N) is 5. The molecule has 0 radical (unpaired) electrons. The molecule has 3 heterocycles. The number of nitrogens with one attached hydrogen (secondary N) is 3. The van der Waals surface area contributed by atoms with Crippen LogP contribution >= 0.6 is 18.7 Å². The van der Waals surface area contributed by atoms with Crippen LogP contribution in [0.5, 0.6) is 5.75 Å². The van der Waals surface area contributed by atoms with Gasteiger partial charge in [-0.2, -0.15) is 4.98 Å². The molecule has 222 valence electrons. The molecule has 42 heavy (non-hydrogen) atoms. The third-order valence-electron chi connectivity index (χ3n) is 7.85. The fourth-order valence-electron chi connectivity index (χ4n) is 5.72. The molecule has 0 spiro atoms. The van der Waals surface area contributed by atoms with Crippen LogP contribution < -0.4 is 30.9 Å². The second kappa shape index (κ2) is 13.3. The number of hydrogen-bond donors (Lipinski definition) is 3. The quantitative estimate of drug-likeness (QED) is 0.225. The van der Waals surface area contributed by atoms with Crippen LogP contribution in [0.25, 0.3) is 4.85 Å². The van der Waals surface area contributed by atoms with Crippen molar-refractivity contribution in [1.82, 2.24) is 20.2 Å². The summed E-state index contributed by atoms with van der Waals surface area (Å²) in [6.45, 7) is 17.5. The highest BCUT2D eigenvalue weighted by atomic mass is 35.5. The zero-order valence-corrected chi connectivity index (χ0v) is 26.0. The third-order valence-corrected chi connectivity index (χ3v) is 9.68. The standard InChI is InChI=1S/C30H38ClN8O2P/c1-32-19-21-17-25(27(41-2)18-26(21)39-13-9-22(10-14-39)38-15-11-33-12-16-38)36-30-34-20-23(31)29(37-30)35-24-7-5-6-8-28(24)42(3,4)40/h5-8,17-18,20,22,33H,9-16,19H2,2-4H3,(H2,34,35,36,37). The van der Waals surface area contributed by atoms with E-state index in [2.05, 4.69) is 40.6 Å². The monoisotopic (exact) mass is 608 g/mol. The van der Waals surface area contributed by atoms with E-state index in [-0.39, 0.29) is 6.54 Å². The molecule has 3 N–H and O–H groups in total. The number of anilines is 5. The predicted molar refractivity (Wildman–Crippen MR) is 172 cm³/mol. The summed E-state index contributed by atoms with van der Waals surface area (Å²) < 4.78 is 18.6. The van der Waals surface area contributed by atoms with Crippen molar-refractivity contribution in [2.75, 3.05) is 75.2 Å². The van der Waals surface area contributed by atoms with Crippen LogP contribution in [0.4, 0.5) is 28.8 Å². The lowest BCUT2D eigenvalue weighted by Gasteiger charge is -2.41. The molecule has 5 rings (SSSR count). The third kappa shape index (κ3) is 6.99. The lowest BCUT2D eigenvalue weighted by atomic mass is 10.00. The number of rotatable bonds is 9. The average Bonchev–Trinajstić information content (AvgIpc) is 2.99. The fourth-order valence-corrected chi connectivity index (χ4v) is 7.01. The summed E-state index contributed by atoms with van der Waals surface area (Å²) in [4.78, 5) is 17.7. The number of piperazine rings is 1. The summed E-state index contributed by atoms with van der Waals surface area (Å²) in [6.07, 6.45) is 3.72. The minimum absolute atomic E-state index is 0.255. The Bertz CT molecular complexity index is 1490. The van der Waals surface area contributed by atoms with Crippen molar-refractivity contribution in [2.24, 2.45) is 0 Å². The highest BCUT2D eigenvalue weighted by molar-refractivity contribution is 7.70. The van der Waals surface area contributed by atoms with Gasteiger partial charge in [-0.15, -0.1) is 0 Å². The molecule has 12 heteroatoms. The maximum atomic E-state index is 12.8. The Hall–Kier alpha value is -3.35. The number of benzene rings is 2. The molecule has 10 nitrogen and oxygen atoms in total. The van der Waals surface area contributed by atoms with E-state index in [1.54, 1.807) is 20.4 Å². The molecule has 2 saturated heterocycles. The fraction of sp³-hybridized carbons (Fsp3) is 0.433. The summed E-state index contributed by atoms with van der Waals surface area (Å²) in [5.41, 5.74) is 3.30. The molecular formula is C30H38ClN8O2P. The van der Waals surface area contributed by atoms with Crippen molar-refractivity contribution in [3.63, 3.8) is 0 Å². The first-order valence-electron chi connectivity index (χ1n) is 14.2. The van der Waals surface area contributed by atoms with Gasteiger partial charge in [-0.1, -0.05) is 23.7 Å². The Labute approximate surface area is 253 Å². The molecular weight excluding hydrogens is 571 g/mol. The van der Waals surface area contributed by atoms with Gasteiger partial charge in [0.1, 0.15) is 17.9 Å². The smallest absolute Gasteiger partial charge is 0.241 e. The van der Waals surface area contributed by atoms with E-state index >= 15 is 0 Å². The van der Waals surface area contributed by atoms with E-state index in [4.69, 9.17) is 22.9 Å². The van der Waals surface area contributed by atoms with Crippen LogP contribution in [-0.2, 0) is 11.1 Å². The second-order valence-electron chi connectivity index (χ2n) is 11.0. The van der Waals surface area contributed by atoms with Gasteiger partial charge in [0.2, 0.25) is 12.5 Å². The summed E-state index contributed by atoms with van der Waals surface area (Å²) in [5, 5.41) is 11.0. The summed E-state index contributed by atoms with van der Waals surface area (Å²) in [6, 6.07) is 12.0. The molecule has 1 aromatic heterocycles. The molecule has 2 fully saturated rings. The van der Waals surface area contributed by atoms with Gasteiger partial charge >= 0.3 is 0 Å². The van der Waals surface area contributed by atoms with Crippen LogP contribution in [-0.4, -0.2) is 80.6 Å². The van der Waals surface area contributed by atoms with Gasteiger partial charge in [0, 0.05) is 56.7 Å². The summed E-state index contributed by atoms with van der Waals surface area (Å²) in [7, 11) is -0.904. The average molecular weight is 609 g/mol. The first-order valence-corrected chi connectivity index (χ1v) is 17.2. The summed E-state index contributed by atoms with van der Waals surface area (Å²) in [5.74, 6) is 1.34. The van der Waals surface area contributed by atoms with Gasteiger partial charge in [0.05, 0.1) is 35.9 Å². The first-order chi connectivity index (χ1) is 20.3. The van der Waals surface area contributed by atoms with Crippen LogP contribution in [0.3, 0.4) is 0 Å². The van der Waals surface area contributed by atoms with Crippen molar-refractivity contribution in [2.45, 2.75) is 25.4 Å². The molecule has 0 atom stereocenters. The second-order valence-corrected chi connectivity index (χ2v) is 14.6. The van der Waals surface area contributed by atoms with Gasteiger partial charge in [-0.05, 0) is 44.4 Å². The van der Waals surface area contributed by atoms with Crippen LogP contribution in [0, 0.1) is 6.57 Å². The van der Waals surface area contributed by atoms with Gasteiger partial charge in [0.25, 0.3) is 0 Å². The van der Waals surface area contributed by atoms with Gasteiger partial charge in [-0.3, -0.25) is 4.90 Å². The predicted octanol–water partition coefficient (Wildman–Crippen LogP) is 5.17. The van der Waals surface area contributed by atoms with E-state index in [9.17, 15) is 4.57 Å². The highest BCUT2D eigenvalue weighted by Crippen LogP contribution is 2.40. The molecule has 0 saturated carbocycles. The minimum atomic E-state index is -2.54. The van der Waals surface area contributed by atoms with Crippen LogP contribution in [0.2, 0.25) is 5.02 Å². The lowest BCUT2D eigenvalue weighted by molar-refractivity contribution is 0.150. The van der Waals surface area contributed by atoms with Crippen LogP contribution in [0.1, 0.15) is 18.4 Å². The maximum absolute atomic E-state index is 12.8. The molecule has 3 aromatic rings. The Balaban J connectivity index is 1.37. The number of ether oxygens (including phenoxy) is 1. The zero-order valence-electron chi connectivity index (χ0n) is 24.4. The number of piperidine rings is 1. The Kier molecular flexibility index (Phi) is 9.54. The van der Waals surface area contributed by atoms with Crippen LogP contribution in [0.15, 0.2) is 42.6 Å². The number of aromatic nitrogens is 2. The molecule has 0 bridgehead atoms. The largest absolute Gasteiger partial charge is 0.494 e. The van der Waals surface area contributed by atoms with Gasteiger partial charge in [-0.25, -0.2) is 11.6 Å². The molecule has 0 aliphatic carbocycles. The van der Waals surface area contributed by atoms with E-state index in [1.807, 2.05) is 36.4 Å². The van der Waals surface area contributed by atoms with E-state index in [0.29, 0.717) is 45.3 Å². The van der Waals surface area contributed by atoms with Crippen molar-refractivity contribution >= 4 is 52.9 Å². The van der Waals surface area contributed by atoms with Crippen molar-refractivity contribution in [1.29, 1.82) is 0 Å². The first kappa shape index (κ1) is 30.1. The normalized spacial score (nSPS) is 16.6. The number of para-hydroxylation sites is 1. The van der Waals surface area contributed by atoms with Gasteiger partial charge < -0.3 is 35.0 Å². The number of methoxy groups -OCH3 is 1. The van der Waals surface area contributed by atoms with Crippen molar-refractivity contribution < 1.29 is 9.30 Å². The van der Waals surface area contributed by atoms with E-state index < -0.39 is 7.14 Å². The lowest BCUT2D eigenvalue weighted by Crippen LogP contribution is -2.52. The number of hydrogen-bond acceptors (Lipinski definition) is 9. The minimum Gasteiger partial charge on any atom is -0.494 e. The molecule has 2 aliphatic heterocycles. The Morgan fingerprint density at radius 2 is 1.86 bits per heavy atom. The zero-order chi connectivity index (χ0) is 29.7. The maximum Gasteiger partial charge on any atom is 0.241 e. The number of halogens is 1. The molecule has 2 aromatic carbocycles. The topological polar surface area (TPSA) is 99.0 Å². The molecule has 0 amide bonds. The summed E-state index contributed by atoms with van der Waals surface area (Å²) >= 11 is 6.45. The van der Waals surface area contributed by atoms with Gasteiger partial charge in [0.15, 0.2) is 5.82 Å². The van der Waals surface area contributed by atoms with Crippen molar-refractivity contribution in [3.8, 4) is 5.75 Å². The Morgan fingerprint density at radius 1 is 1.12 bits per heavy atom. The van der Waals surface area contributed by atoms with Crippen molar-refractivity contribution in [3.05, 3.63) is 64.6 Å².